The van der Waals surface area contributed by atoms with Crippen LogP contribution in [-0.2, 0) is 11.2 Å². The molecule has 0 saturated heterocycles. The number of imidazole rings is 1. The normalized spacial score (nSPS) is 12.3. The minimum atomic E-state index is -0.995. The summed E-state index contributed by atoms with van der Waals surface area (Å²) in [5.74, 6) is 0.174. The van der Waals surface area contributed by atoms with Gasteiger partial charge in [0.25, 0.3) is 0 Å². The molecule has 1 unspecified atom stereocenters. The van der Waals surface area contributed by atoms with Crippen LogP contribution >= 0.6 is 12.4 Å². The second-order valence-electron chi connectivity index (χ2n) is 3.60. The molecule has 0 bridgehead atoms. The molecule has 0 fully saturated rings. The zero-order chi connectivity index (χ0) is 10.7. The summed E-state index contributed by atoms with van der Waals surface area (Å²) in [6.07, 6.45) is 1.92. The van der Waals surface area contributed by atoms with Gasteiger partial charge in [-0.25, -0.2) is 4.98 Å². The van der Waals surface area contributed by atoms with Crippen LogP contribution in [0.4, 0.5) is 0 Å². The van der Waals surface area contributed by atoms with E-state index < -0.39 is 12.0 Å². The van der Waals surface area contributed by atoms with Gasteiger partial charge in [-0.1, -0.05) is 13.8 Å². The summed E-state index contributed by atoms with van der Waals surface area (Å²) in [6, 6.07) is -0.865. The number of carboxylic acid groups (broad SMARTS) is 1. The number of hydrogen-bond donors (Lipinski definition) is 3. The molecule has 0 aliphatic heterocycles. The second kappa shape index (κ2) is 5.72. The van der Waals surface area contributed by atoms with E-state index in [0.717, 1.165) is 11.5 Å². The van der Waals surface area contributed by atoms with E-state index in [1.807, 2.05) is 13.8 Å². The SMILES string of the molecule is CC(C)c1ncc(CC(N)C(=O)O)[nH]1.Cl. The number of H-pyrrole nitrogens is 1. The number of carbonyl (C=O) groups is 1. The maximum atomic E-state index is 10.5. The smallest absolute Gasteiger partial charge is 0.320 e. The average molecular weight is 234 g/mol. The fraction of sp³-hybridized carbons (Fsp3) is 0.556. The van der Waals surface area contributed by atoms with E-state index in [4.69, 9.17) is 10.8 Å². The van der Waals surface area contributed by atoms with Gasteiger partial charge < -0.3 is 15.8 Å². The minimum absolute atomic E-state index is 0. The van der Waals surface area contributed by atoms with Crippen molar-refractivity contribution < 1.29 is 9.90 Å². The molecule has 1 rings (SSSR count). The van der Waals surface area contributed by atoms with Crippen LogP contribution in [0.2, 0.25) is 0 Å². The fourth-order valence-corrected chi connectivity index (χ4v) is 1.10. The van der Waals surface area contributed by atoms with E-state index in [9.17, 15) is 4.79 Å². The first-order chi connectivity index (χ1) is 6.50. The molecule has 0 aliphatic carbocycles. The Morgan fingerprint density at radius 3 is 2.67 bits per heavy atom. The van der Waals surface area contributed by atoms with Crippen molar-refractivity contribution in [2.24, 2.45) is 5.73 Å². The molecule has 0 aromatic carbocycles. The summed E-state index contributed by atoms with van der Waals surface area (Å²) in [5, 5.41) is 8.60. The lowest BCUT2D eigenvalue weighted by atomic mass is 10.2. The lowest BCUT2D eigenvalue weighted by molar-refractivity contribution is -0.138. The van der Waals surface area contributed by atoms with Crippen LogP contribution in [0.3, 0.4) is 0 Å². The van der Waals surface area contributed by atoms with Gasteiger partial charge in [0.1, 0.15) is 11.9 Å². The Hall–Kier alpha value is -1.07. The summed E-state index contributed by atoms with van der Waals surface area (Å²) in [7, 11) is 0. The largest absolute Gasteiger partial charge is 0.480 e. The van der Waals surface area contributed by atoms with Crippen molar-refractivity contribution in [3.8, 4) is 0 Å². The third-order valence-electron chi connectivity index (χ3n) is 1.95. The van der Waals surface area contributed by atoms with Crippen molar-refractivity contribution in [3.63, 3.8) is 0 Å². The fourth-order valence-electron chi connectivity index (χ4n) is 1.10. The molecule has 6 heteroatoms. The second-order valence-corrected chi connectivity index (χ2v) is 3.60. The molecule has 0 saturated carbocycles. The summed E-state index contributed by atoms with van der Waals surface area (Å²) in [6.45, 7) is 4.03. The van der Waals surface area contributed by atoms with Crippen LogP contribution in [0, 0.1) is 0 Å². The van der Waals surface area contributed by atoms with Gasteiger partial charge in [0.2, 0.25) is 0 Å². The van der Waals surface area contributed by atoms with Gasteiger partial charge >= 0.3 is 5.97 Å². The third kappa shape index (κ3) is 3.89. The topological polar surface area (TPSA) is 92.0 Å². The van der Waals surface area contributed by atoms with Gasteiger partial charge in [0.15, 0.2) is 0 Å². The van der Waals surface area contributed by atoms with Crippen molar-refractivity contribution in [1.29, 1.82) is 0 Å². The zero-order valence-corrected chi connectivity index (χ0v) is 9.54. The van der Waals surface area contributed by atoms with E-state index >= 15 is 0 Å². The van der Waals surface area contributed by atoms with Crippen molar-refractivity contribution in [1.82, 2.24) is 9.97 Å². The first-order valence-electron chi connectivity index (χ1n) is 4.53. The van der Waals surface area contributed by atoms with Gasteiger partial charge in [-0.3, -0.25) is 4.79 Å². The van der Waals surface area contributed by atoms with Crippen LogP contribution in [0.25, 0.3) is 0 Å². The molecule has 1 aromatic rings. The predicted molar refractivity (Wildman–Crippen MR) is 59.2 cm³/mol. The van der Waals surface area contributed by atoms with E-state index in [-0.39, 0.29) is 18.8 Å². The minimum Gasteiger partial charge on any atom is -0.480 e. The number of nitrogens with two attached hydrogens (primary N) is 1. The van der Waals surface area contributed by atoms with Crippen molar-refractivity contribution >= 4 is 18.4 Å². The Labute approximate surface area is 94.5 Å². The molecule has 0 aliphatic rings. The van der Waals surface area contributed by atoms with Gasteiger partial charge in [-0.15, -0.1) is 12.4 Å². The lowest BCUT2D eigenvalue weighted by Gasteiger charge is -2.03. The Morgan fingerprint density at radius 1 is 1.67 bits per heavy atom. The Kier molecular flexibility index (Phi) is 5.32. The van der Waals surface area contributed by atoms with E-state index in [1.54, 1.807) is 6.20 Å². The lowest BCUT2D eigenvalue weighted by Crippen LogP contribution is -2.32. The molecule has 4 N–H and O–H groups in total. The van der Waals surface area contributed by atoms with E-state index in [0.29, 0.717) is 5.92 Å². The molecular weight excluding hydrogens is 218 g/mol. The van der Waals surface area contributed by atoms with Gasteiger partial charge in [0, 0.05) is 24.2 Å². The first-order valence-corrected chi connectivity index (χ1v) is 4.53. The Morgan fingerprint density at radius 2 is 2.27 bits per heavy atom. The molecule has 0 radical (unpaired) electrons. The maximum Gasteiger partial charge on any atom is 0.320 e. The maximum absolute atomic E-state index is 10.5. The quantitative estimate of drug-likeness (QED) is 0.721. The number of nitrogens with zero attached hydrogens (tertiary/aromatic N) is 1. The Bertz CT molecular complexity index is 325. The molecule has 1 aromatic heterocycles. The van der Waals surface area contributed by atoms with Gasteiger partial charge in [-0.2, -0.15) is 0 Å². The summed E-state index contributed by atoms with van der Waals surface area (Å²) >= 11 is 0. The summed E-state index contributed by atoms with van der Waals surface area (Å²) in [5.41, 5.74) is 6.15. The number of halogens is 1. The summed E-state index contributed by atoms with van der Waals surface area (Å²) in [4.78, 5) is 17.7. The molecule has 5 nitrogen and oxygen atoms in total. The van der Waals surface area contributed by atoms with E-state index in [1.165, 1.54) is 0 Å². The van der Waals surface area contributed by atoms with E-state index in [2.05, 4.69) is 9.97 Å². The molecule has 1 heterocycles. The number of aromatic nitrogens is 2. The van der Waals surface area contributed by atoms with Crippen molar-refractivity contribution in [3.05, 3.63) is 17.7 Å². The molecular formula is C9H16ClN3O2. The standard InChI is InChI=1S/C9H15N3O2.ClH/c1-5(2)8-11-4-6(12-8)3-7(10)9(13)14;/h4-5,7H,3,10H2,1-2H3,(H,11,12)(H,13,14);1H. The average Bonchev–Trinajstić information content (AvgIpc) is 2.52. The molecule has 0 spiro atoms. The van der Waals surface area contributed by atoms with Crippen LogP contribution in [0.5, 0.6) is 0 Å². The number of aliphatic carboxylic acids is 1. The molecule has 86 valence electrons. The number of hydrogen-bond acceptors (Lipinski definition) is 3. The van der Waals surface area contributed by atoms with Gasteiger partial charge in [0.05, 0.1) is 0 Å². The highest BCUT2D eigenvalue weighted by Gasteiger charge is 2.14. The number of nitrogens with one attached hydrogen (secondary N) is 1. The first kappa shape index (κ1) is 13.9. The Balaban J connectivity index is 0.00000196. The van der Waals surface area contributed by atoms with Gasteiger partial charge in [-0.05, 0) is 0 Å². The number of rotatable bonds is 4. The molecule has 15 heavy (non-hydrogen) atoms. The predicted octanol–water partition coefficient (Wildman–Crippen LogP) is 0.909. The highest BCUT2D eigenvalue weighted by atomic mass is 35.5. The monoisotopic (exact) mass is 233 g/mol. The molecule has 0 amide bonds. The highest BCUT2D eigenvalue weighted by Crippen LogP contribution is 2.10. The van der Waals surface area contributed by atoms with Crippen LogP contribution in [0.15, 0.2) is 6.20 Å². The number of aromatic amines is 1. The van der Waals surface area contributed by atoms with Crippen molar-refractivity contribution in [2.75, 3.05) is 0 Å². The number of carboxylic acids is 1. The zero-order valence-electron chi connectivity index (χ0n) is 8.73. The van der Waals surface area contributed by atoms with Crippen LogP contribution < -0.4 is 5.73 Å². The molecule has 1 atom stereocenters. The highest BCUT2D eigenvalue weighted by molar-refractivity contribution is 5.85. The van der Waals surface area contributed by atoms with Crippen molar-refractivity contribution in [2.45, 2.75) is 32.2 Å². The van der Waals surface area contributed by atoms with Crippen LogP contribution in [0.1, 0.15) is 31.3 Å². The van der Waals surface area contributed by atoms with Crippen LogP contribution in [-0.4, -0.2) is 27.1 Å². The third-order valence-corrected chi connectivity index (χ3v) is 1.95. The summed E-state index contributed by atoms with van der Waals surface area (Å²) < 4.78 is 0.